The largest absolute Gasteiger partial charge is 0.373 e. The van der Waals surface area contributed by atoms with Crippen molar-refractivity contribution < 1.29 is 0 Å². The first kappa shape index (κ1) is 26.3. The molecule has 0 aromatic heterocycles. The summed E-state index contributed by atoms with van der Waals surface area (Å²) in [4.78, 5) is 4.55. The first-order valence-corrected chi connectivity index (χ1v) is 14.1. The van der Waals surface area contributed by atoms with E-state index in [1.54, 1.807) is 0 Å². The van der Waals surface area contributed by atoms with Crippen molar-refractivity contribution in [1.82, 2.24) is 0 Å². The molecule has 4 aromatic rings. The SMILES string of the molecule is [B]C1(/C=C/C=C/C=C/C=C2/N(C)c3ccc4ccccc4c3C2(C)C)N(C)c2ccc3ccccc3c2C1(C)C. The second-order valence-electron chi connectivity index (χ2n) is 12.2. The molecule has 3 heteroatoms. The van der Waals surface area contributed by atoms with Crippen molar-refractivity contribution in [3.8, 4) is 0 Å². The molecule has 6 rings (SSSR count). The minimum atomic E-state index is -0.638. The van der Waals surface area contributed by atoms with Crippen molar-refractivity contribution in [1.29, 1.82) is 0 Å². The summed E-state index contributed by atoms with van der Waals surface area (Å²) in [6, 6.07) is 26.1. The Morgan fingerprint density at radius 1 is 0.625 bits per heavy atom. The van der Waals surface area contributed by atoms with Crippen molar-refractivity contribution in [2.45, 2.75) is 44.0 Å². The van der Waals surface area contributed by atoms with Gasteiger partial charge in [-0.25, -0.2) is 0 Å². The van der Waals surface area contributed by atoms with Crippen LogP contribution in [-0.4, -0.2) is 27.4 Å². The minimum absolute atomic E-state index is 0.0807. The molecule has 1 unspecified atom stereocenters. The molecule has 2 aliphatic heterocycles. The Morgan fingerprint density at radius 3 is 1.85 bits per heavy atom. The summed E-state index contributed by atoms with van der Waals surface area (Å²) in [5.74, 6) is 0. The predicted octanol–water partition coefficient (Wildman–Crippen LogP) is 8.57. The number of rotatable bonds is 4. The smallest absolute Gasteiger partial charge is 0.111 e. The molecular formula is C37H37BN2. The molecule has 0 aliphatic carbocycles. The molecule has 0 spiro atoms. The van der Waals surface area contributed by atoms with Gasteiger partial charge in [-0.3, -0.25) is 0 Å². The van der Waals surface area contributed by atoms with Gasteiger partial charge < -0.3 is 9.80 Å². The van der Waals surface area contributed by atoms with Crippen LogP contribution in [-0.2, 0) is 10.8 Å². The number of allylic oxidation sites excluding steroid dienone is 7. The number of hydrogen-bond donors (Lipinski definition) is 0. The van der Waals surface area contributed by atoms with Crippen molar-refractivity contribution in [2.24, 2.45) is 0 Å². The Bertz CT molecular complexity index is 1750. The third kappa shape index (κ3) is 3.71. The van der Waals surface area contributed by atoms with E-state index in [4.69, 9.17) is 7.85 Å². The van der Waals surface area contributed by atoms with E-state index in [-0.39, 0.29) is 10.8 Å². The van der Waals surface area contributed by atoms with Crippen molar-refractivity contribution >= 4 is 40.8 Å². The average Bonchev–Trinajstić information content (AvgIpc) is 3.24. The van der Waals surface area contributed by atoms with Gasteiger partial charge in [-0.1, -0.05) is 125 Å². The van der Waals surface area contributed by atoms with E-state index in [0.717, 1.165) is 0 Å². The zero-order valence-corrected chi connectivity index (χ0v) is 24.4. The maximum absolute atomic E-state index is 7.14. The van der Waals surface area contributed by atoms with Gasteiger partial charge in [0.1, 0.15) is 7.85 Å². The van der Waals surface area contributed by atoms with Crippen LogP contribution in [0.5, 0.6) is 0 Å². The summed E-state index contributed by atoms with van der Waals surface area (Å²) in [5, 5.41) is 5.15. The van der Waals surface area contributed by atoms with Gasteiger partial charge in [0.25, 0.3) is 0 Å². The van der Waals surface area contributed by atoms with E-state index in [1.807, 2.05) is 0 Å². The molecule has 0 N–H and O–H groups in total. The summed E-state index contributed by atoms with van der Waals surface area (Å²) in [7, 11) is 11.4. The average molecular weight is 521 g/mol. The zero-order valence-electron chi connectivity index (χ0n) is 24.4. The van der Waals surface area contributed by atoms with E-state index < -0.39 is 5.44 Å². The number of likely N-dealkylation sites (N-methyl/N-ethyl adjacent to an activating group) is 2. The molecule has 198 valence electrons. The van der Waals surface area contributed by atoms with Crippen LogP contribution in [0.4, 0.5) is 11.4 Å². The van der Waals surface area contributed by atoms with Crippen LogP contribution in [0.1, 0.15) is 38.8 Å². The Kier molecular flexibility index (Phi) is 6.11. The summed E-state index contributed by atoms with van der Waals surface area (Å²) in [6.07, 6.45) is 14.8. The fraction of sp³-hybridized carbons (Fsp3) is 0.243. The number of anilines is 2. The van der Waals surface area contributed by atoms with E-state index in [9.17, 15) is 0 Å². The Hall–Kier alpha value is -3.98. The van der Waals surface area contributed by atoms with Gasteiger partial charge in [-0.15, -0.1) is 0 Å². The molecule has 4 aromatic carbocycles. The van der Waals surface area contributed by atoms with Gasteiger partial charge in [0.2, 0.25) is 0 Å². The van der Waals surface area contributed by atoms with Gasteiger partial charge >= 0.3 is 0 Å². The molecule has 0 bridgehead atoms. The second kappa shape index (κ2) is 9.30. The number of fused-ring (bicyclic) bond motifs is 6. The maximum Gasteiger partial charge on any atom is 0.111 e. The number of nitrogens with zero attached hydrogens (tertiary/aromatic N) is 2. The highest BCUT2D eigenvalue weighted by Gasteiger charge is 2.50. The van der Waals surface area contributed by atoms with Gasteiger partial charge in [-0.2, -0.15) is 0 Å². The van der Waals surface area contributed by atoms with Crippen LogP contribution in [0.3, 0.4) is 0 Å². The summed E-state index contributed by atoms with van der Waals surface area (Å²) >= 11 is 0. The van der Waals surface area contributed by atoms with Crippen LogP contribution in [0, 0.1) is 0 Å². The third-order valence-corrected chi connectivity index (χ3v) is 9.39. The monoisotopic (exact) mass is 520 g/mol. The zero-order chi connectivity index (χ0) is 28.3. The molecule has 1 atom stereocenters. The molecular weight excluding hydrogens is 483 g/mol. The molecule has 0 saturated carbocycles. The molecule has 0 saturated heterocycles. The van der Waals surface area contributed by atoms with Crippen LogP contribution < -0.4 is 9.80 Å². The molecule has 0 fully saturated rings. The normalized spacial score (nSPS) is 22.5. The van der Waals surface area contributed by atoms with Gasteiger partial charge in [0, 0.05) is 47.4 Å². The lowest BCUT2D eigenvalue weighted by atomic mass is 9.58. The Balaban J connectivity index is 1.22. The summed E-state index contributed by atoms with van der Waals surface area (Å²) < 4.78 is 0. The lowest BCUT2D eigenvalue weighted by Crippen LogP contribution is -2.53. The minimum Gasteiger partial charge on any atom is -0.373 e. The topological polar surface area (TPSA) is 6.48 Å². The van der Waals surface area contributed by atoms with Crippen LogP contribution in [0.25, 0.3) is 21.5 Å². The molecule has 2 nitrogen and oxygen atoms in total. The fourth-order valence-corrected chi connectivity index (χ4v) is 7.07. The maximum atomic E-state index is 7.14. The van der Waals surface area contributed by atoms with Gasteiger partial charge in [0.05, 0.1) is 0 Å². The number of benzene rings is 4. The highest BCUT2D eigenvalue weighted by molar-refractivity contribution is 6.22. The molecule has 2 heterocycles. The van der Waals surface area contributed by atoms with Gasteiger partial charge in [0.15, 0.2) is 0 Å². The van der Waals surface area contributed by atoms with E-state index >= 15 is 0 Å². The van der Waals surface area contributed by atoms with Crippen LogP contribution in [0.15, 0.2) is 121 Å². The highest BCUT2D eigenvalue weighted by atomic mass is 15.2. The second-order valence-corrected chi connectivity index (χ2v) is 12.2. The number of hydrogen-bond acceptors (Lipinski definition) is 2. The van der Waals surface area contributed by atoms with Crippen molar-refractivity contribution in [3.05, 3.63) is 132 Å². The standard InChI is InChI=1S/C37H37BN2/c1-35(2)32(39(5)30-23-21-26-16-11-13-18-28(26)33(30)35)20-10-8-7-9-15-25-37(38)36(3,4)34-29-19-14-12-17-27(29)22-24-31(34)40(37)6/h7-25H,1-6H3/b9-7+,10-8+,25-15+,32-20+. The fourth-order valence-electron chi connectivity index (χ4n) is 7.07. The third-order valence-electron chi connectivity index (χ3n) is 9.39. The molecule has 2 radical (unpaired) electrons. The van der Waals surface area contributed by atoms with E-state index in [0.29, 0.717) is 0 Å². The lowest BCUT2D eigenvalue weighted by molar-refractivity contribution is 0.444. The van der Waals surface area contributed by atoms with Crippen LogP contribution in [0.2, 0.25) is 0 Å². The molecule has 2 aliphatic rings. The predicted molar refractivity (Wildman–Crippen MR) is 175 cm³/mol. The van der Waals surface area contributed by atoms with Gasteiger partial charge in [-0.05, 0) is 50.9 Å². The van der Waals surface area contributed by atoms with Crippen molar-refractivity contribution in [3.63, 3.8) is 0 Å². The van der Waals surface area contributed by atoms with Crippen molar-refractivity contribution in [2.75, 3.05) is 23.9 Å². The highest BCUT2D eigenvalue weighted by Crippen LogP contribution is 2.53. The first-order valence-electron chi connectivity index (χ1n) is 14.1. The quantitative estimate of drug-likeness (QED) is 0.196. The molecule has 40 heavy (non-hydrogen) atoms. The van der Waals surface area contributed by atoms with Crippen LogP contribution >= 0.6 is 0 Å². The first-order chi connectivity index (χ1) is 19.1. The molecule has 0 amide bonds. The summed E-state index contributed by atoms with van der Waals surface area (Å²) in [5.41, 5.74) is 5.50. The lowest BCUT2D eigenvalue weighted by Gasteiger charge is -2.42. The van der Waals surface area contributed by atoms with E-state index in [2.05, 4.69) is 167 Å². The Labute approximate surface area is 240 Å². The Morgan fingerprint density at radius 2 is 1.18 bits per heavy atom. The van der Waals surface area contributed by atoms with E-state index in [1.165, 1.54) is 49.7 Å². The summed E-state index contributed by atoms with van der Waals surface area (Å²) in [6.45, 7) is 9.15.